The Balaban J connectivity index is 1.49. The van der Waals surface area contributed by atoms with Gasteiger partial charge in [0.25, 0.3) is 0 Å². The molecule has 7 nitrogen and oxygen atoms in total. The smallest absolute Gasteiger partial charge is 0.439 e. The topological polar surface area (TPSA) is 70.7 Å². The Labute approximate surface area is 182 Å². The van der Waals surface area contributed by atoms with Gasteiger partial charge in [0, 0.05) is 24.8 Å². The second-order valence-corrected chi connectivity index (χ2v) is 7.98. The minimum absolute atomic E-state index is 0.0312. The van der Waals surface area contributed by atoms with Crippen molar-refractivity contribution in [3.8, 4) is 11.1 Å². The third-order valence-corrected chi connectivity index (χ3v) is 5.46. The number of hydrogen-bond donors (Lipinski definition) is 1. The number of likely N-dealkylation sites (tertiary alicyclic amines) is 1. The number of carbonyl (C=O) groups excluding carboxylic acids is 1. The van der Waals surface area contributed by atoms with Crippen LogP contribution in [0.1, 0.15) is 24.0 Å². The lowest BCUT2D eigenvalue weighted by atomic mass is 10.1. The highest BCUT2D eigenvalue weighted by Gasteiger charge is 2.26. The Kier molecular flexibility index (Phi) is 6.64. The van der Waals surface area contributed by atoms with Gasteiger partial charge in [0.1, 0.15) is 6.61 Å². The molecule has 1 aliphatic rings. The van der Waals surface area contributed by atoms with Crippen molar-refractivity contribution >= 4 is 11.8 Å². The van der Waals surface area contributed by atoms with Crippen LogP contribution in [0.5, 0.6) is 0 Å². The molecule has 0 atom stereocenters. The Hall–Kier alpha value is -3.16. The molecule has 1 fully saturated rings. The molecule has 0 spiro atoms. The Morgan fingerprint density at radius 2 is 1.94 bits per heavy atom. The summed E-state index contributed by atoms with van der Waals surface area (Å²) in [4.78, 5) is 21.4. The van der Waals surface area contributed by atoms with Crippen LogP contribution in [0.25, 0.3) is 11.1 Å². The third kappa shape index (κ3) is 5.51. The lowest BCUT2D eigenvalue weighted by Crippen LogP contribution is -2.41. The second-order valence-electron chi connectivity index (χ2n) is 7.98. The fourth-order valence-electron chi connectivity index (χ4n) is 3.65. The lowest BCUT2D eigenvalue weighted by molar-refractivity contribution is -0.00638. The first-order valence-corrected chi connectivity index (χ1v) is 10.6. The maximum absolute atomic E-state index is 13.0. The zero-order valence-electron chi connectivity index (χ0n) is 18.0. The first-order valence-electron chi connectivity index (χ1n) is 10.6. The van der Waals surface area contributed by atoms with Gasteiger partial charge >= 0.3 is 6.09 Å². The van der Waals surface area contributed by atoms with E-state index in [1.165, 1.54) is 5.06 Å². The zero-order chi connectivity index (χ0) is 21.6. The van der Waals surface area contributed by atoms with E-state index in [1.54, 1.807) is 6.20 Å². The van der Waals surface area contributed by atoms with E-state index in [4.69, 9.17) is 9.57 Å². The summed E-state index contributed by atoms with van der Waals surface area (Å²) in [7, 11) is 2.10. The van der Waals surface area contributed by atoms with Gasteiger partial charge in [0.2, 0.25) is 0 Å². The number of aromatic nitrogens is 2. The lowest BCUT2D eigenvalue weighted by Gasteiger charge is -2.32. The summed E-state index contributed by atoms with van der Waals surface area (Å²) in [6.07, 6.45) is 4.78. The summed E-state index contributed by atoms with van der Waals surface area (Å²) in [5.74, 6) is 0. The quantitative estimate of drug-likeness (QED) is 0.592. The molecule has 7 heteroatoms. The summed E-state index contributed by atoms with van der Waals surface area (Å²) in [5, 5.41) is 8.10. The van der Waals surface area contributed by atoms with Crippen molar-refractivity contribution < 1.29 is 14.4 Å². The molecule has 2 aromatic carbocycles. The Morgan fingerprint density at radius 3 is 2.61 bits per heavy atom. The highest BCUT2D eigenvalue weighted by Crippen LogP contribution is 2.25. The van der Waals surface area contributed by atoms with Crippen LogP contribution in [0, 0.1) is 6.92 Å². The van der Waals surface area contributed by atoms with Gasteiger partial charge in [-0.25, -0.2) is 4.79 Å². The average molecular weight is 421 g/mol. The van der Waals surface area contributed by atoms with Crippen LogP contribution in [0.15, 0.2) is 60.9 Å². The number of hydrogen-bond acceptors (Lipinski definition) is 5. The van der Waals surface area contributed by atoms with Crippen LogP contribution in [0.2, 0.25) is 0 Å². The minimum Gasteiger partial charge on any atom is -0.443 e. The van der Waals surface area contributed by atoms with Gasteiger partial charge in [0.05, 0.1) is 18.0 Å². The number of H-pyrrole nitrogens is 1. The molecule has 1 N–H and O–H groups in total. The van der Waals surface area contributed by atoms with Crippen molar-refractivity contribution in [1.82, 2.24) is 15.1 Å². The van der Waals surface area contributed by atoms with E-state index in [0.29, 0.717) is 5.69 Å². The van der Waals surface area contributed by atoms with E-state index >= 15 is 0 Å². The number of piperidine rings is 1. The minimum atomic E-state index is -0.517. The number of rotatable bonds is 6. The van der Waals surface area contributed by atoms with Crippen molar-refractivity contribution in [3.05, 3.63) is 72.1 Å². The number of carbonyl (C=O) groups is 1. The average Bonchev–Trinajstić information content (AvgIpc) is 3.32. The third-order valence-electron chi connectivity index (χ3n) is 5.46. The van der Waals surface area contributed by atoms with Crippen molar-refractivity contribution in [1.29, 1.82) is 0 Å². The number of aromatic amines is 1. The molecular weight excluding hydrogens is 392 g/mol. The number of anilines is 1. The van der Waals surface area contributed by atoms with E-state index in [1.807, 2.05) is 61.7 Å². The van der Waals surface area contributed by atoms with Crippen molar-refractivity contribution in [2.45, 2.75) is 32.5 Å². The molecule has 0 aliphatic carbocycles. The molecule has 0 saturated carbocycles. The van der Waals surface area contributed by atoms with E-state index in [2.05, 4.69) is 22.1 Å². The fourth-order valence-corrected chi connectivity index (χ4v) is 3.65. The molecule has 1 aliphatic heterocycles. The molecule has 162 valence electrons. The predicted octanol–water partition coefficient (Wildman–Crippen LogP) is 4.55. The molecule has 0 unspecified atom stereocenters. The van der Waals surface area contributed by atoms with Gasteiger partial charge < -0.3 is 9.64 Å². The van der Waals surface area contributed by atoms with Crippen LogP contribution in [0.4, 0.5) is 10.5 Å². The molecule has 3 aromatic rings. The SMILES string of the molecule is Cc1cccc(COC(=O)N(OC2CCN(C)CC2)c2ccc(-c3cn[nH]c3)cc2)c1. The predicted molar refractivity (Wildman–Crippen MR) is 119 cm³/mol. The number of amides is 1. The Morgan fingerprint density at radius 1 is 1.16 bits per heavy atom. The summed E-state index contributed by atoms with van der Waals surface area (Å²) in [6.45, 7) is 4.09. The monoisotopic (exact) mass is 420 g/mol. The van der Waals surface area contributed by atoms with Gasteiger partial charge in [-0.2, -0.15) is 10.2 Å². The van der Waals surface area contributed by atoms with Gasteiger partial charge in [-0.1, -0.05) is 42.0 Å². The van der Waals surface area contributed by atoms with Crippen LogP contribution in [-0.4, -0.2) is 47.4 Å². The normalized spacial score (nSPS) is 15.0. The number of nitrogens with one attached hydrogen (secondary N) is 1. The molecule has 2 heterocycles. The van der Waals surface area contributed by atoms with Gasteiger partial charge in [-0.15, -0.1) is 0 Å². The summed E-state index contributed by atoms with van der Waals surface area (Å²) < 4.78 is 5.60. The van der Waals surface area contributed by atoms with Gasteiger partial charge in [-0.05, 0) is 50.1 Å². The van der Waals surface area contributed by atoms with Crippen LogP contribution in [0.3, 0.4) is 0 Å². The van der Waals surface area contributed by atoms with Crippen LogP contribution in [-0.2, 0) is 16.2 Å². The van der Waals surface area contributed by atoms with Crippen molar-refractivity contribution in [2.75, 3.05) is 25.2 Å². The fraction of sp³-hybridized carbons (Fsp3) is 0.333. The number of nitrogens with zero attached hydrogens (tertiary/aromatic N) is 3. The van der Waals surface area contributed by atoms with Gasteiger partial charge in [0.15, 0.2) is 0 Å². The standard InChI is InChI=1S/C24H28N4O3/c1-18-4-3-5-19(14-18)17-30-24(29)28(31-23-10-12-27(2)13-11-23)22-8-6-20(7-9-22)21-15-25-26-16-21/h3-9,14-16,23H,10-13,17H2,1-2H3,(H,25,26). The summed E-state index contributed by atoms with van der Waals surface area (Å²) in [6, 6.07) is 15.5. The number of hydroxylamine groups is 1. The number of benzene rings is 2. The molecule has 31 heavy (non-hydrogen) atoms. The van der Waals surface area contributed by atoms with E-state index in [-0.39, 0.29) is 12.7 Å². The van der Waals surface area contributed by atoms with Crippen LogP contribution >= 0.6 is 0 Å². The van der Waals surface area contributed by atoms with E-state index < -0.39 is 6.09 Å². The summed E-state index contributed by atoms with van der Waals surface area (Å²) >= 11 is 0. The first kappa shape index (κ1) is 21.1. The summed E-state index contributed by atoms with van der Waals surface area (Å²) in [5.41, 5.74) is 4.70. The van der Waals surface area contributed by atoms with Crippen molar-refractivity contribution in [2.24, 2.45) is 0 Å². The molecular formula is C24H28N4O3. The molecule has 1 amide bonds. The van der Waals surface area contributed by atoms with Crippen molar-refractivity contribution in [3.63, 3.8) is 0 Å². The molecule has 0 bridgehead atoms. The molecule has 1 aromatic heterocycles. The number of ether oxygens (including phenoxy) is 1. The second kappa shape index (κ2) is 9.76. The highest BCUT2D eigenvalue weighted by atomic mass is 16.7. The molecule has 1 saturated heterocycles. The van der Waals surface area contributed by atoms with Gasteiger partial charge in [-0.3, -0.25) is 9.94 Å². The maximum atomic E-state index is 13.0. The van der Waals surface area contributed by atoms with Crippen LogP contribution < -0.4 is 5.06 Å². The maximum Gasteiger partial charge on any atom is 0.439 e. The first-order chi connectivity index (χ1) is 15.1. The number of aryl methyl sites for hydroxylation is 1. The molecule has 4 rings (SSSR count). The van der Waals surface area contributed by atoms with E-state index in [0.717, 1.165) is 48.2 Å². The largest absolute Gasteiger partial charge is 0.443 e. The van der Waals surface area contributed by atoms with E-state index in [9.17, 15) is 4.79 Å². The zero-order valence-corrected chi connectivity index (χ0v) is 18.0. The molecule has 0 radical (unpaired) electrons. The Bertz CT molecular complexity index is 980. The highest BCUT2D eigenvalue weighted by molar-refractivity contribution is 5.85.